The van der Waals surface area contributed by atoms with E-state index in [0.29, 0.717) is 0 Å². The van der Waals surface area contributed by atoms with Crippen molar-refractivity contribution in [3.8, 4) is 0 Å². The molecule has 0 radical (unpaired) electrons. The first-order valence-corrected chi connectivity index (χ1v) is 7.62. The molecule has 0 aliphatic rings. The maximum absolute atomic E-state index is 6.24. The Balaban J connectivity index is 2.01. The Hall–Kier alpha value is -0.910. The van der Waals surface area contributed by atoms with Crippen LogP contribution in [0.15, 0.2) is 22.5 Å². The average molecular weight is 279 g/mol. The fourth-order valence-corrected chi connectivity index (χ4v) is 3.65. The van der Waals surface area contributed by atoms with Gasteiger partial charge in [0.15, 0.2) is 4.34 Å². The predicted octanol–water partition coefficient (Wildman–Crippen LogP) is 3.26. The van der Waals surface area contributed by atoms with Crippen LogP contribution in [-0.2, 0) is 0 Å². The van der Waals surface area contributed by atoms with Crippen LogP contribution in [0.1, 0.15) is 27.7 Å². The second-order valence-electron chi connectivity index (χ2n) is 4.36. The van der Waals surface area contributed by atoms with E-state index in [1.807, 2.05) is 6.92 Å². The van der Waals surface area contributed by atoms with Crippen LogP contribution < -0.4 is 5.73 Å². The van der Waals surface area contributed by atoms with Crippen LogP contribution in [-0.4, -0.2) is 16.0 Å². The number of hydrogen-bond acceptors (Lipinski definition) is 5. The van der Waals surface area contributed by atoms with Crippen molar-refractivity contribution < 1.29 is 0 Å². The third kappa shape index (κ3) is 3.31. The molecule has 0 spiro atoms. The smallest absolute Gasteiger partial charge is 0.174 e. The van der Waals surface area contributed by atoms with Crippen molar-refractivity contribution in [1.29, 1.82) is 0 Å². The molecule has 5 heteroatoms. The monoisotopic (exact) mass is 279 g/mol. The number of aromatic nitrogens is 2. The zero-order valence-corrected chi connectivity index (χ0v) is 12.4. The quantitative estimate of drug-likeness (QED) is 0.873. The molecular weight excluding hydrogens is 262 g/mol. The summed E-state index contributed by atoms with van der Waals surface area (Å²) in [5.74, 6) is 0.832. The standard InChI is InChI=1S/C13H17N3S2/c1-8-4-5-11(9(2)6-8)12(14)7-17-13-16-15-10(3)18-13/h4-6,12H,7,14H2,1-3H3. The van der Waals surface area contributed by atoms with Crippen LogP contribution >= 0.6 is 23.1 Å². The Kier molecular flexibility index (Phi) is 4.37. The minimum atomic E-state index is 0.0415. The van der Waals surface area contributed by atoms with E-state index in [4.69, 9.17) is 5.73 Å². The van der Waals surface area contributed by atoms with Crippen molar-refractivity contribution in [2.24, 2.45) is 5.73 Å². The molecule has 2 aromatic rings. The summed E-state index contributed by atoms with van der Waals surface area (Å²) in [6.07, 6.45) is 0. The highest BCUT2D eigenvalue weighted by Crippen LogP contribution is 2.27. The topological polar surface area (TPSA) is 51.8 Å². The summed E-state index contributed by atoms with van der Waals surface area (Å²) in [4.78, 5) is 0. The zero-order valence-electron chi connectivity index (χ0n) is 10.8. The molecule has 0 aliphatic heterocycles. The van der Waals surface area contributed by atoms with E-state index < -0.39 is 0 Å². The molecule has 1 aromatic heterocycles. The van der Waals surface area contributed by atoms with Gasteiger partial charge >= 0.3 is 0 Å². The van der Waals surface area contributed by atoms with Gasteiger partial charge in [-0.1, -0.05) is 46.9 Å². The van der Waals surface area contributed by atoms with Gasteiger partial charge in [0, 0.05) is 11.8 Å². The molecule has 3 nitrogen and oxygen atoms in total. The van der Waals surface area contributed by atoms with Crippen LogP contribution in [0.2, 0.25) is 0 Å². The van der Waals surface area contributed by atoms with E-state index in [9.17, 15) is 0 Å². The zero-order chi connectivity index (χ0) is 13.1. The lowest BCUT2D eigenvalue weighted by atomic mass is 10.0. The van der Waals surface area contributed by atoms with Gasteiger partial charge in [-0.25, -0.2) is 0 Å². The first-order valence-electron chi connectivity index (χ1n) is 5.82. The van der Waals surface area contributed by atoms with Crippen molar-refractivity contribution in [2.45, 2.75) is 31.2 Å². The molecule has 2 N–H and O–H groups in total. The molecule has 2 rings (SSSR count). The summed E-state index contributed by atoms with van der Waals surface area (Å²) in [6, 6.07) is 6.46. The predicted molar refractivity (Wildman–Crippen MR) is 78.2 cm³/mol. The molecule has 0 saturated heterocycles. The Morgan fingerprint density at radius 2 is 2.06 bits per heavy atom. The summed E-state index contributed by atoms with van der Waals surface area (Å²) in [5, 5.41) is 9.09. The lowest BCUT2D eigenvalue weighted by Gasteiger charge is -2.14. The van der Waals surface area contributed by atoms with E-state index in [1.54, 1.807) is 23.1 Å². The Morgan fingerprint density at radius 3 is 2.67 bits per heavy atom. The first kappa shape index (κ1) is 13.5. The van der Waals surface area contributed by atoms with Crippen LogP contribution in [0.3, 0.4) is 0 Å². The van der Waals surface area contributed by atoms with Crippen LogP contribution in [0.5, 0.6) is 0 Å². The molecule has 0 aliphatic carbocycles. The number of thioether (sulfide) groups is 1. The van der Waals surface area contributed by atoms with Gasteiger partial charge in [-0.2, -0.15) is 0 Å². The second kappa shape index (κ2) is 5.82. The maximum atomic E-state index is 6.24. The SMILES string of the molecule is Cc1ccc(C(N)CSc2nnc(C)s2)c(C)c1. The van der Waals surface area contributed by atoms with Crippen molar-refractivity contribution >= 4 is 23.1 Å². The summed E-state index contributed by atoms with van der Waals surface area (Å²) in [6.45, 7) is 6.18. The highest BCUT2D eigenvalue weighted by molar-refractivity contribution is 8.01. The van der Waals surface area contributed by atoms with E-state index in [2.05, 4.69) is 42.2 Å². The lowest BCUT2D eigenvalue weighted by molar-refractivity contribution is 0.820. The van der Waals surface area contributed by atoms with Gasteiger partial charge in [-0.15, -0.1) is 10.2 Å². The van der Waals surface area contributed by atoms with Gasteiger partial charge in [-0.3, -0.25) is 0 Å². The minimum Gasteiger partial charge on any atom is -0.323 e. The number of aryl methyl sites for hydroxylation is 3. The molecule has 0 fully saturated rings. The molecule has 0 bridgehead atoms. The molecule has 1 heterocycles. The van der Waals surface area contributed by atoms with Crippen molar-refractivity contribution in [3.05, 3.63) is 39.9 Å². The van der Waals surface area contributed by atoms with E-state index in [-0.39, 0.29) is 6.04 Å². The second-order valence-corrected chi connectivity index (χ2v) is 6.81. The van der Waals surface area contributed by atoms with E-state index in [1.165, 1.54) is 16.7 Å². The lowest BCUT2D eigenvalue weighted by Crippen LogP contribution is -2.14. The molecule has 0 saturated carbocycles. The van der Waals surface area contributed by atoms with Gasteiger partial charge in [-0.05, 0) is 31.9 Å². The highest BCUT2D eigenvalue weighted by Gasteiger charge is 2.11. The highest BCUT2D eigenvalue weighted by atomic mass is 32.2. The van der Waals surface area contributed by atoms with Gasteiger partial charge < -0.3 is 5.73 Å². The molecule has 18 heavy (non-hydrogen) atoms. The van der Waals surface area contributed by atoms with Crippen LogP contribution in [0.25, 0.3) is 0 Å². The van der Waals surface area contributed by atoms with Crippen LogP contribution in [0.4, 0.5) is 0 Å². The fourth-order valence-electron chi connectivity index (χ4n) is 1.83. The maximum Gasteiger partial charge on any atom is 0.174 e. The largest absolute Gasteiger partial charge is 0.323 e. The Morgan fingerprint density at radius 1 is 1.28 bits per heavy atom. The van der Waals surface area contributed by atoms with Gasteiger partial charge in [0.1, 0.15) is 5.01 Å². The summed E-state index contributed by atoms with van der Waals surface area (Å²) < 4.78 is 0.993. The summed E-state index contributed by atoms with van der Waals surface area (Å²) in [7, 11) is 0. The number of benzene rings is 1. The number of nitrogens with two attached hydrogens (primary N) is 1. The summed E-state index contributed by atoms with van der Waals surface area (Å²) >= 11 is 3.29. The van der Waals surface area contributed by atoms with E-state index in [0.717, 1.165) is 15.1 Å². The number of hydrogen-bond donors (Lipinski definition) is 1. The normalized spacial score (nSPS) is 12.7. The van der Waals surface area contributed by atoms with Gasteiger partial charge in [0.25, 0.3) is 0 Å². The van der Waals surface area contributed by atoms with Crippen molar-refractivity contribution in [3.63, 3.8) is 0 Å². The molecule has 0 amide bonds. The van der Waals surface area contributed by atoms with Gasteiger partial charge in [0.2, 0.25) is 0 Å². The van der Waals surface area contributed by atoms with Crippen molar-refractivity contribution in [2.75, 3.05) is 5.75 Å². The average Bonchev–Trinajstić information content (AvgIpc) is 2.72. The number of rotatable bonds is 4. The van der Waals surface area contributed by atoms with E-state index >= 15 is 0 Å². The third-order valence-corrected chi connectivity index (χ3v) is 4.81. The van der Waals surface area contributed by atoms with Crippen molar-refractivity contribution in [1.82, 2.24) is 10.2 Å². The minimum absolute atomic E-state index is 0.0415. The van der Waals surface area contributed by atoms with Gasteiger partial charge in [0.05, 0.1) is 0 Å². The molecule has 1 aromatic carbocycles. The molecule has 1 atom stereocenters. The summed E-state index contributed by atoms with van der Waals surface area (Å²) in [5.41, 5.74) is 9.99. The molecule has 1 unspecified atom stereocenters. The molecule has 96 valence electrons. The Bertz CT molecular complexity index is 537. The number of nitrogens with zero attached hydrogens (tertiary/aromatic N) is 2. The third-order valence-electron chi connectivity index (χ3n) is 2.72. The molecular formula is C13H17N3S2. The van der Waals surface area contributed by atoms with Crippen LogP contribution in [0, 0.1) is 20.8 Å². The fraction of sp³-hybridized carbons (Fsp3) is 0.385. The first-order chi connectivity index (χ1) is 8.56. The Labute approximate surface area is 116 Å².